The highest BCUT2D eigenvalue weighted by molar-refractivity contribution is 5.69. The van der Waals surface area contributed by atoms with E-state index in [2.05, 4.69) is 6.92 Å². The van der Waals surface area contributed by atoms with E-state index in [9.17, 15) is 4.79 Å². The summed E-state index contributed by atoms with van der Waals surface area (Å²) >= 11 is 0. The fourth-order valence-electron chi connectivity index (χ4n) is 2.52. The van der Waals surface area contributed by atoms with E-state index in [0.717, 1.165) is 5.92 Å². The van der Waals surface area contributed by atoms with Crippen LogP contribution >= 0.6 is 0 Å². The second kappa shape index (κ2) is 5.00. The van der Waals surface area contributed by atoms with Gasteiger partial charge in [-0.25, -0.2) is 0 Å². The van der Waals surface area contributed by atoms with Crippen LogP contribution in [0.3, 0.4) is 0 Å². The van der Waals surface area contributed by atoms with Crippen LogP contribution < -0.4 is 0 Å². The topological polar surface area (TPSA) is 26.3 Å². The van der Waals surface area contributed by atoms with Gasteiger partial charge in [0.2, 0.25) is 0 Å². The highest BCUT2D eigenvalue weighted by Gasteiger charge is 2.33. The molecule has 0 heterocycles. The van der Waals surface area contributed by atoms with Crippen LogP contribution in [-0.4, -0.2) is 12.6 Å². The Bertz CT molecular complexity index is 219. The molecule has 2 unspecified atom stereocenters. The predicted molar refractivity (Wildman–Crippen MR) is 59.4 cm³/mol. The molecule has 2 heteroatoms. The maximum atomic E-state index is 11.5. The average molecular weight is 210 g/mol. The van der Waals surface area contributed by atoms with E-state index in [0.29, 0.717) is 24.9 Å². The number of ether oxygens (including phenoxy) is 1. The normalized spacial score (nSPS) is 31.3. The monoisotopic (exact) mass is 210 g/mol. The van der Waals surface area contributed by atoms with Crippen molar-refractivity contribution in [3.05, 3.63) is 0 Å². The first-order valence-electron chi connectivity index (χ1n) is 6.41. The zero-order valence-electron chi connectivity index (χ0n) is 9.71. The van der Waals surface area contributed by atoms with Crippen molar-refractivity contribution in [1.29, 1.82) is 0 Å². The first kappa shape index (κ1) is 11.0. The van der Waals surface area contributed by atoms with E-state index in [4.69, 9.17) is 4.74 Å². The highest BCUT2D eigenvalue weighted by atomic mass is 16.5. The first-order valence-corrected chi connectivity index (χ1v) is 6.41. The van der Waals surface area contributed by atoms with E-state index in [-0.39, 0.29) is 5.97 Å². The van der Waals surface area contributed by atoms with Crippen molar-refractivity contribution in [2.24, 2.45) is 17.8 Å². The summed E-state index contributed by atoms with van der Waals surface area (Å²) in [5.74, 6) is 2.11. The van der Waals surface area contributed by atoms with Gasteiger partial charge in [0.05, 0.1) is 6.61 Å². The van der Waals surface area contributed by atoms with E-state index in [1.54, 1.807) is 0 Å². The second-order valence-corrected chi connectivity index (χ2v) is 5.36. The zero-order chi connectivity index (χ0) is 10.7. The lowest BCUT2D eigenvalue weighted by molar-refractivity contribution is -0.145. The maximum absolute atomic E-state index is 11.5. The molecule has 2 rings (SSSR count). The van der Waals surface area contributed by atoms with Crippen molar-refractivity contribution in [2.45, 2.75) is 51.9 Å². The molecule has 0 N–H and O–H groups in total. The van der Waals surface area contributed by atoms with Gasteiger partial charge in [-0.05, 0) is 37.0 Å². The summed E-state index contributed by atoms with van der Waals surface area (Å²) in [5.41, 5.74) is 0. The van der Waals surface area contributed by atoms with Crippen molar-refractivity contribution in [1.82, 2.24) is 0 Å². The van der Waals surface area contributed by atoms with Gasteiger partial charge in [-0.15, -0.1) is 0 Å². The molecule has 0 amide bonds. The average Bonchev–Trinajstić information content (AvgIpc) is 2.93. The minimum Gasteiger partial charge on any atom is -0.465 e. The van der Waals surface area contributed by atoms with Crippen LogP contribution in [0.2, 0.25) is 0 Å². The summed E-state index contributed by atoms with van der Waals surface area (Å²) in [5, 5.41) is 0. The maximum Gasteiger partial charge on any atom is 0.306 e. The molecule has 0 radical (unpaired) electrons. The third kappa shape index (κ3) is 3.51. The Morgan fingerprint density at radius 2 is 1.93 bits per heavy atom. The van der Waals surface area contributed by atoms with Crippen LogP contribution in [0.15, 0.2) is 0 Å². The Hall–Kier alpha value is -0.530. The number of carbonyl (C=O) groups excluding carboxylic acids is 1. The fourth-order valence-corrected chi connectivity index (χ4v) is 2.52. The Morgan fingerprint density at radius 1 is 1.27 bits per heavy atom. The summed E-state index contributed by atoms with van der Waals surface area (Å²) in [6.07, 6.45) is 8.34. The van der Waals surface area contributed by atoms with Gasteiger partial charge in [0.15, 0.2) is 0 Å². The molecule has 15 heavy (non-hydrogen) atoms. The van der Waals surface area contributed by atoms with Crippen LogP contribution in [0.1, 0.15) is 51.9 Å². The molecule has 2 aliphatic carbocycles. The highest BCUT2D eigenvalue weighted by Crippen LogP contribution is 2.37. The summed E-state index contributed by atoms with van der Waals surface area (Å²) in [6.45, 7) is 2.90. The van der Waals surface area contributed by atoms with Gasteiger partial charge < -0.3 is 4.74 Å². The van der Waals surface area contributed by atoms with E-state index in [1.165, 1.54) is 38.5 Å². The molecule has 0 bridgehead atoms. The van der Waals surface area contributed by atoms with Crippen molar-refractivity contribution in [3.8, 4) is 0 Å². The van der Waals surface area contributed by atoms with Crippen LogP contribution in [0, 0.1) is 17.8 Å². The zero-order valence-corrected chi connectivity index (χ0v) is 9.71. The van der Waals surface area contributed by atoms with Crippen LogP contribution in [-0.2, 0) is 9.53 Å². The van der Waals surface area contributed by atoms with Gasteiger partial charge in [0.1, 0.15) is 0 Å². The van der Waals surface area contributed by atoms with Gasteiger partial charge in [-0.1, -0.05) is 26.2 Å². The Morgan fingerprint density at radius 3 is 2.53 bits per heavy atom. The van der Waals surface area contributed by atoms with Crippen LogP contribution in [0.25, 0.3) is 0 Å². The third-order valence-electron chi connectivity index (χ3n) is 3.91. The van der Waals surface area contributed by atoms with E-state index < -0.39 is 0 Å². The minimum absolute atomic E-state index is 0.0426. The molecule has 0 aromatic rings. The summed E-state index contributed by atoms with van der Waals surface area (Å²) in [4.78, 5) is 11.5. The lowest BCUT2D eigenvalue weighted by Gasteiger charge is -2.20. The Labute approximate surface area is 92.4 Å². The lowest BCUT2D eigenvalue weighted by atomic mass is 9.87. The van der Waals surface area contributed by atoms with Crippen molar-refractivity contribution < 1.29 is 9.53 Å². The largest absolute Gasteiger partial charge is 0.465 e. The standard InChI is InChI=1S/C13H22O2/c1-10-7-12(10)9-15-13(14)8-11-5-3-2-4-6-11/h10-12H,2-9H2,1H3. The van der Waals surface area contributed by atoms with Gasteiger partial charge in [-0.3, -0.25) is 4.79 Å². The smallest absolute Gasteiger partial charge is 0.306 e. The number of carbonyl (C=O) groups is 1. The van der Waals surface area contributed by atoms with Crippen molar-refractivity contribution in [3.63, 3.8) is 0 Å². The summed E-state index contributed by atoms with van der Waals surface area (Å²) in [6, 6.07) is 0. The van der Waals surface area contributed by atoms with Crippen molar-refractivity contribution in [2.75, 3.05) is 6.61 Å². The van der Waals surface area contributed by atoms with Gasteiger partial charge in [0.25, 0.3) is 0 Å². The molecule has 0 aromatic heterocycles. The van der Waals surface area contributed by atoms with E-state index >= 15 is 0 Å². The van der Waals surface area contributed by atoms with Gasteiger partial charge in [-0.2, -0.15) is 0 Å². The van der Waals surface area contributed by atoms with Crippen molar-refractivity contribution >= 4 is 5.97 Å². The number of hydrogen-bond acceptors (Lipinski definition) is 2. The van der Waals surface area contributed by atoms with E-state index in [1.807, 2.05) is 0 Å². The van der Waals surface area contributed by atoms with Crippen LogP contribution in [0.5, 0.6) is 0 Å². The number of esters is 1. The SMILES string of the molecule is CC1CC1COC(=O)CC1CCCCC1. The Balaban J connectivity index is 1.59. The minimum atomic E-state index is 0.0426. The molecule has 0 saturated heterocycles. The lowest BCUT2D eigenvalue weighted by Crippen LogP contribution is -2.15. The number of rotatable bonds is 4. The molecule has 0 aromatic carbocycles. The fraction of sp³-hybridized carbons (Fsp3) is 0.923. The van der Waals surface area contributed by atoms with Gasteiger partial charge in [0, 0.05) is 6.42 Å². The second-order valence-electron chi connectivity index (χ2n) is 5.36. The molecule has 2 atom stereocenters. The molecular formula is C13H22O2. The molecule has 86 valence electrons. The first-order chi connectivity index (χ1) is 7.25. The molecule has 0 aliphatic heterocycles. The molecular weight excluding hydrogens is 188 g/mol. The molecule has 2 saturated carbocycles. The molecule has 2 nitrogen and oxygen atoms in total. The predicted octanol–water partition coefficient (Wildman–Crippen LogP) is 3.16. The van der Waals surface area contributed by atoms with Crippen LogP contribution in [0.4, 0.5) is 0 Å². The molecule has 2 fully saturated rings. The number of hydrogen-bond donors (Lipinski definition) is 0. The Kier molecular flexibility index (Phi) is 3.66. The summed E-state index contributed by atoms with van der Waals surface area (Å²) in [7, 11) is 0. The van der Waals surface area contributed by atoms with Gasteiger partial charge >= 0.3 is 5.97 Å². The third-order valence-corrected chi connectivity index (χ3v) is 3.91. The quantitative estimate of drug-likeness (QED) is 0.666. The molecule has 2 aliphatic rings. The molecule has 0 spiro atoms. The summed E-state index contributed by atoms with van der Waals surface area (Å²) < 4.78 is 5.30.